The Morgan fingerprint density at radius 1 is 1.26 bits per heavy atom. The number of phenolic OH excluding ortho intramolecular Hbond substituents is 1. The zero-order chi connectivity index (χ0) is 19.0. The van der Waals surface area contributed by atoms with E-state index in [2.05, 4.69) is 15.2 Å². The minimum atomic E-state index is -0.444. The molecule has 0 saturated carbocycles. The highest BCUT2D eigenvalue weighted by Gasteiger charge is 2.14. The number of aromatic nitrogens is 4. The summed E-state index contributed by atoms with van der Waals surface area (Å²) in [5.41, 5.74) is 2.22. The summed E-state index contributed by atoms with van der Waals surface area (Å²) in [6.07, 6.45) is 3.45. The van der Waals surface area contributed by atoms with Gasteiger partial charge in [0.1, 0.15) is 11.3 Å². The van der Waals surface area contributed by atoms with Crippen molar-refractivity contribution in [2.45, 2.75) is 17.8 Å². The Kier molecular flexibility index (Phi) is 4.41. The molecular formula is C19H16N4O3S. The molecule has 0 radical (unpaired) electrons. The number of nitrogens with zero attached hydrogens (tertiary/aromatic N) is 4. The minimum Gasteiger partial charge on any atom is -0.508 e. The van der Waals surface area contributed by atoms with Gasteiger partial charge in [-0.2, -0.15) is 0 Å². The van der Waals surface area contributed by atoms with Gasteiger partial charge in [0.05, 0.1) is 0 Å². The number of benzene rings is 1. The summed E-state index contributed by atoms with van der Waals surface area (Å²) in [4.78, 5) is 16.0. The second-order valence-electron chi connectivity index (χ2n) is 6.07. The van der Waals surface area contributed by atoms with Gasteiger partial charge in [-0.15, -0.1) is 10.2 Å². The van der Waals surface area contributed by atoms with Crippen molar-refractivity contribution in [3.63, 3.8) is 0 Å². The van der Waals surface area contributed by atoms with Gasteiger partial charge in [0.2, 0.25) is 0 Å². The summed E-state index contributed by atoms with van der Waals surface area (Å²) in [6.45, 7) is 1.72. The van der Waals surface area contributed by atoms with Crippen LogP contribution in [0, 0.1) is 6.92 Å². The van der Waals surface area contributed by atoms with Gasteiger partial charge >= 0.3 is 5.63 Å². The van der Waals surface area contributed by atoms with Crippen LogP contribution in [0.15, 0.2) is 57.1 Å². The summed E-state index contributed by atoms with van der Waals surface area (Å²) in [5, 5.41) is 19.9. The summed E-state index contributed by atoms with van der Waals surface area (Å²) < 4.78 is 7.18. The van der Waals surface area contributed by atoms with Crippen LogP contribution in [0.4, 0.5) is 0 Å². The molecule has 136 valence electrons. The van der Waals surface area contributed by atoms with Crippen molar-refractivity contribution in [2.24, 2.45) is 7.05 Å². The van der Waals surface area contributed by atoms with Gasteiger partial charge < -0.3 is 14.1 Å². The van der Waals surface area contributed by atoms with Crippen LogP contribution in [-0.2, 0) is 12.8 Å². The number of thioether (sulfide) groups is 1. The Hall–Kier alpha value is -3.13. The van der Waals surface area contributed by atoms with E-state index in [1.165, 1.54) is 17.8 Å². The van der Waals surface area contributed by atoms with E-state index in [-0.39, 0.29) is 5.75 Å². The summed E-state index contributed by atoms with van der Waals surface area (Å²) in [5.74, 6) is 1.35. The van der Waals surface area contributed by atoms with Crippen molar-refractivity contribution in [2.75, 3.05) is 0 Å². The second-order valence-corrected chi connectivity index (χ2v) is 7.02. The molecule has 1 aromatic carbocycles. The molecule has 4 aromatic rings. The smallest absolute Gasteiger partial charge is 0.336 e. The highest BCUT2D eigenvalue weighted by Crippen LogP contribution is 2.31. The first-order valence-electron chi connectivity index (χ1n) is 8.22. The second kappa shape index (κ2) is 6.88. The number of aromatic hydroxyl groups is 1. The lowest BCUT2D eigenvalue weighted by atomic mass is 10.1. The molecule has 0 unspecified atom stereocenters. The molecule has 0 bridgehead atoms. The van der Waals surface area contributed by atoms with Crippen LogP contribution < -0.4 is 5.63 Å². The van der Waals surface area contributed by atoms with Gasteiger partial charge in [0, 0.05) is 47.8 Å². The molecule has 1 N–H and O–H groups in total. The van der Waals surface area contributed by atoms with Gasteiger partial charge in [0.25, 0.3) is 0 Å². The number of hydrogen-bond acceptors (Lipinski definition) is 7. The molecule has 0 atom stereocenters. The number of hydrogen-bond donors (Lipinski definition) is 1. The topological polar surface area (TPSA) is 94.0 Å². The van der Waals surface area contributed by atoms with Gasteiger partial charge in [-0.3, -0.25) is 4.98 Å². The molecule has 0 aliphatic rings. The van der Waals surface area contributed by atoms with Crippen LogP contribution in [0.1, 0.15) is 11.1 Å². The summed E-state index contributed by atoms with van der Waals surface area (Å²) in [6, 6.07) is 8.62. The van der Waals surface area contributed by atoms with Crippen LogP contribution in [0.3, 0.4) is 0 Å². The van der Waals surface area contributed by atoms with E-state index in [1.54, 1.807) is 31.5 Å². The van der Waals surface area contributed by atoms with Crippen LogP contribution in [0.2, 0.25) is 0 Å². The van der Waals surface area contributed by atoms with Crippen molar-refractivity contribution >= 4 is 22.7 Å². The lowest BCUT2D eigenvalue weighted by Gasteiger charge is -2.08. The average molecular weight is 380 g/mol. The fourth-order valence-electron chi connectivity index (χ4n) is 2.86. The molecule has 0 aliphatic carbocycles. The Labute approximate surface area is 158 Å². The number of phenols is 1. The highest BCUT2D eigenvalue weighted by atomic mass is 32.2. The van der Waals surface area contributed by atoms with Crippen molar-refractivity contribution in [3.8, 4) is 17.1 Å². The Morgan fingerprint density at radius 3 is 2.89 bits per heavy atom. The number of aryl methyl sites for hydroxylation is 1. The van der Waals surface area contributed by atoms with E-state index in [0.29, 0.717) is 16.9 Å². The Morgan fingerprint density at radius 2 is 2.11 bits per heavy atom. The number of rotatable bonds is 4. The maximum atomic E-state index is 11.9. The van der Waals surface area contributed by atoms with Crippen molar-refractivity contribution < 1.29 is 9.52 Å². The van der Waals surface area contributed by atoms with E-state index in [9.17, 15) is 9.90 Å². The molecule has 0 spiro atoms. The predicted molar refractivity (Wildman–Crippen MR) is 103 cm³/mol. The molecule has 27 heavy (non-hydrogen) atoms. The largest absolute Gasteiger partial charge is 0.508 e. The SMILES string of the molecule is Cc1c(O)ccc2c(CSc3nnc(-c4cccnc4)n3C)cc(=O)oc12. The summed E-state index contributed by atoms with van der Waals surface area (Å²) in [7, 11) is 1.89. The minimum absolute atomic E-state index is 0.102. The van der Waals surface area contributed by atoms with E-state index in [0.717, 1.165) is 27.5 Å². The lowest BCUT2D eigenvalue weighted by Crippen LogP contribution is -2.01. The molecule has 0 saturated heterocycles. The Bertz CT molecular complexity index is 1190. The van der Waals surface area contributed by atoms with Crippen molar-refractivity contribution in [1.82, 2.24) is 19.7 Å². The first-order chi connectivity index (χ1) is 13.0. The van der Waals surface area contributed by atoms with E-state index < -0.39 is 5.63 Å². The monoisotopic (exact) mass is 380 g/mol. The van der Waals surface area contributed by atoms with Crippen LogP contribution in [-0.4, -0.2) is 24.9 Å². The van der Waals surface area contributed by atoms with Gasteiger partial charge in [-0.1, -0.05) is 11.8 Å². The molecule has 0 amide bonds. The zero-order valence-corrected chi connectivity index (χ0v) is 15.5. The van der Waals surface area contributed by atoms with Crippen LogP contribution in [0.5, 0.6) is 5.75 Å². The van der Waals surface area contributed by atoms with E-state index in [4.69, 9.17) is 4.42 Å². The quantitative estimate of drug-likeness (QED) is 0.429. The van der Waals surface area contributed by atoms with Crippen molar-refractivity contribution in [3.05, 3.63) is 64.3 Å². The van der Waals surface area contributed by atoms with Crippen LogP contribution >= 0.6 is 11.8 Å². The third-order valence-electron chi connectivity index (χ3n) is 4.33. The fourth-order valence-corrected chi connectivity index (χ4v) is 3.77. The van der Waals surface area contributed by atoms with Gasteiger partial charge in [-0.05, 0) is 36.8 Å². The summed E-state index contributed by atoms with van der Waals surface area (Å²) >= 11 is 1.48. The average Bonchev–Trinajstić information content (AvgIpc) is 3.04. The van der Waals surface area contributed by atoms with E-state index >= 15 is 0 Å². The third-order valence-corrected chi connectivity index (χ3v) is 5.40. The molecule has 8 heteroatoms. The Balaban J connectivity index is 1.66. The van der Waals surface area contributed by atoms with Crippen LogP contribution in [0.25, 0.3) is 22.4 Å². The maximum absolute atomic E-state index is 11.9. The molecule has 0 aliphatic heterocycles. The molecule has 0 fully saturated rings. The standard InChI is InChI=1S/C19H16N4O3S/c1-11-15(24)6-5-14-13(8-16(25)26-17(11)14)10-27-19-22-21-18(23(19)2)12-4-3-7-20-9-12/h3-9,24H,10H2,1-2H3. The molecule has 4 rings (SSSR count). The molecular weight excluding hydrogens is 364 g/mol. The highest BCUT2D eigenvalue weighted by molar-refractivity contribution is 7.98. The van der Waals surface area contributed by atoms with Gasteiger partial charge in [0.15, 0.2) is 11.0 Å². The van der Waals surface area contributed by atoms with Gasteiger partial charge in [-0.25, -0.2) is 4.79 Å². The zero-order valence-electron chi connectivity index (χ0n) is 14.7. The maximum Gasteiger partial charge on any atom is 0.336 e. The molecule has 3 aromatic heterocycles. The third kappa shape index (κ3) is 3.19. The first-order valence-corrected chi connectivity index (χ1v) is 9.21. The first kappa shape index (κ1) is 17.3. The predicted octanol–water partition coefficient (Wildman–Crippen LogP) is 3.29. The number of fused-ring (bicyclic) bond motifs is 1. The normalized spacial score (nSPS) is 11.2. The molecule has 7 nitrogen and oxygen atoms in total. The number of pyridine rings is 1. The van der Waals surface area contributed by atoms with Crippen molar-refractivity contribution in [1.29, 1.82) is 0 Å². The lowest BCUT2D eigenvalue weighted by molar-refractivity contribution is 0.468. The fraction of sp³-hybridized carbons (Fsp3) is 0.158. The molecule has 3 heterocycles. The van der Waals surface area contributed by atoms with E-state index in [1.807, 2.05) is 23.7 Å².